The highest BCUT2D eigenvalue weighted by Gasteiger charge is 2.22. The lowest BCUT2D eigenvalue weighted by atomic mass is 10.1. The maximum absolute atomic E-state index is 13.4. The van der Waals surface area contributed by atoms with Crippen molar-refractivity contribution in [3.05, 3.63) is 77.0 Å². The number of aromatic nitrogens is 1. The molecule has 1 amide bonds. The molecule has 158 valence electrons. The van der Waals surface area contributed by atoms with Gasteiger partial charge in [-0.15, -0.1) is 0 Å². The predicted molar refractivity (Wildman–Crippen MR) is 115 cm³/mol. The van der Waals surface area contributed by atoms with Crippen LogP contribution in [-0.2, 0) is 13.1 Å². The first-order chi connectivity index (χ1) is 14.5. The molecule has 0 spiro atoms. The third kappa shape index (κ3) is 5.54. The van der Waals surface area contributed by atoms with Gasteiger partial charge in [-0.25, -0.2) is 0 Å². The number of halogens is 1. The van der Waals surface area contributed by atoms with Crippen molar-refractivity contribution in [2.45, 2.75) is 26.9 Å². The van der Waals surface area contributed by atoms with E-state index in [0.717, 1.165) is 5.56 Å². The first kappa shape index (κ1) is 21.7. The zero-order chi connectivity index (χ0) is 21.5. The minimum Gasteiger partial charge on any atom is -0.493 e. The van der Waals surface area contributed by atoms with Crippen molar-refractivity contribution in [1.29, 1.82) is 0 Å². The number of carbonyl (C=O) groups excluding carboxylic acids is 1. The molecule has 6 nitrogen and oxygen atoms in total. The highest BCUT2D eigenvalue weighted by Crippen LogP contribution is 2.37. The van der Waals surface area contributed by atoms with Crippen LogP contribution in [0, 0.1) is 5.92 Å². The number of hydrogen-bond donors (Lipinski definition) is 0. The van der Waals surface area contributed by atoms with Gasteiger partial charge in [0, 0.05) is 24.5 Å². The van der Waals surface area contributed by atoms with E-state index in [2.05, 4.69) is 4.98 Å². The van der Waals surface area contributed by atoms with Crippen molar-refractivity contribution in [2.75, 3.05) is 13.7 Å². The van der Waals surface area contributed by atoms with Gasteiger partial charge >= 0.3 is 0 Å². The van der Waals surface area contributed by atoms with E-state index in [1.165, 1.54) is 7.11 Å². The minimum absolute atomic E-state index is 0.203. The van der Waals surface area contributed by atoms with Crippen LogP contribution in [-0.4, -0.2) is 29.5 Å². The van der Waals surface area contributed by atoms with Crippen LogP contribution in [0.2, 0.25) is 5.02 Å². The fourth-order valence-corrected chi connectivity index (χ4v) is 3.18. The summed E-state index contributed by atoms with van der Waals surface area (Å²) in [7, 11) is 1.53. The van der Waals surface area contributed by atoms with E-state index in [1.807, 2.05) is 32.0 Å². The Morgan fingerprint density at radius 2 is 2.07 bits per heavy atom. The van der Waals surface area contributed by atoms with Crippen LogP contribution in [0.25, 0.3) is 0 Å². The van der Waals surface area contributed by atoms with E-state index < -0.39 is 0 Å². The summed E-state index contributed by atoms with van der Waals surface area (Å²) in [6, 6.07) is 10.7. The first-order valence-electron chi connectivity index (χ1n) is 9.68. The van der Waals surface area contributed by atoms with Gasteiger partial charge in [0.1, 0.15) is 5.76 Å². The first-order valence-corrected chi connectivity index (χ1v) is 10.1. The summed E-state index contributed by atoms with van der Waals surface area (Å²) in [5, 5.41) is 0.331. The van der Waals surface area contributed by atoms with E-state index in [1.54, 1.807) is 41.8 Å². The molecule has 0 bridgehead atoms. The van der Waals surface area contributed by atoms with Gasteiger partial charge in [-0.3, -0.25) is 9.78 Å². The van der Waals surface area contributed by atoms with Crippen LogP contribution >= 0.6 is 11.6 Å². The Morgan fingerprint density at radius 1 is 1.23 bits per heavy atom. The topological polar surface area (TPSA) is 64.8 Å². The van der Waals surface area contributed by atoms with Gasteiger partial charge < -0.3 is 18.8 Å². The van der Waals surface area contributed by atoms with Crippen LogP contribution in [0.4, 0.5) is 0 Å². The van der Waals surface area contributed by atoms with Gasteiger partial charge in [0.2, 0.25) is 0 Å². The average Bonchev–Trinajstić information content (AvgIpc) is 3.25. The summed E-state index contributed by atoms with van der Waals surface area (Å²) in [6.07, 6.45) is 5.02. The molecule has 0 aliphatic heterocycles. The molecule has 1 aromatic carbocycles. The Balaban J connectivity index is 1.90. The molecule has 0 aliphatic rings. The van der Waals surface area contributed by atoms with Gasteiger partial charge in [-0.05, 0) is 41.8 Å². The lowest BCUT2D eigenvalue weighted by Gasteiger charge is -2.23. The Labute approximate surface area is 181 Å². The van der Waals surface area contributed by atoms with Crippen LogP contribution in [0.1, 0.15) is 35.5 Å². The van der Waals surface area contributed by atoms with Crippen LogP contribution < -0.4 is 9.47 Å². The van der Waals surface area contributed by atoms with Crippen molar-refractivity contribution in [1.82, 2.24) is 9.88 Å². The molecule has 0 atom stereocenters. The lowest BCUT2D eigenvalue weighted by Crippen LogP contribution is -2.30. The standard InChI is InChI=1S/C23H25ClN2O4/c1-16(2)15-30-22-20(24)10-18(11-21(22)28-3)23(27)26(14-19-7-5-9-29-19)13-17-6-4-8-25-12-17/h4-12,16H,13-15H2,1-3H3. The summed E-state index contributed by atoms with van der Waals surface area (Å²) < 4.78 is 16.7. The molecule has 7 heteroatoms. The summed E-state index contributed by atoms with van der Waals surface area (Å²) in [5.41, 5.74) is 1.32. The number of nitrogens with zero attached hydrogens (tertiary/aromatic N) is 2. The number of hydrogen-bond acceptors (Lipinski definition) is 5. The number of carbonyl (C=O) groups is 1. The number of methoxy groups -OCH3 is 1. The van der Waals surface area contributed by atoms with Crippen molar-refractivity contribution in [3.63, 3.8) is 0 Å². The van der Waals surface area contributed by atoms with Crippen molar-refractivity contribution >= 4 is 17.5 Å². The second kappa shape index (κ2) is 10.2. The Morgan fingerprint density at radius 3 is 2.70 bits per heavy atom. The molecule has 2 aromatic heterocycles. The SMILES string of the molecule is COc1cc(C(=O)N(Cc2cccnc2)Cc2ccco2)cc(Cl)c1OCC(C)C. The minimum atomic E-state index is -0.203. The van der Waals surface area contributed by atoms with Crippen LogP contribution in [0.5, 0.6) is 11.5 Å². The molecule has 3 rings (SSSR count). The smallest absolute Gasteiger partial charge is 0.254 e. The number of rotatable bonds is 9. The predicted octanol–water partition coefficient (Wildman–Crippen LogP) is 5.21. The number of benzene rings is 1. The van der Waals surface area contributed by atoms with E-state index >= 15 is 0 Å². The van der Waals surface area contributed by atoms with Crippen molar-refractivity contribution in [2.24, 2.45) is 5.92 Å². The van der Waals surface area contributed by atoms with Crippen molar-refractivity contribution in [3.8, 4) is 11.5 Å². The second-order valence-corrected chi connectivity index (χ2v) is 7.70. The third-order valence-corrected chi connectivity index (χ3v) is 4.63. The zero-order valence-electron chi connectivity index (χ0n) is 17.3. The van der Waals surface area contributed by atoms with E-state index in [-0.39, 0.29) is 5.91 Å². The molecule has 0 radical (unpaired) electrons. The number of furan rings is 1. The summed E-state index contributed by atoms with van der Waals surface area (Å²) in [5.74, 6) is 1.67. The molecular weight excluding hydrogens is 404 g/mol. The largest absolute Gasteiger partial charge is 0.493 e. The molecular formula is C23H25ClN2O4. The molecule has 0 saturated heterocycles. The highest BCUT2D eigenvalue weighted by atomic mass is 35.5. The maximum atomic E-state index is 13.4. The van der Waals surface area contributed by atoms with Crippen LogP contribution in [0.15, 0.2) is 59.5 Å². The molecule has 0 saturated carbocycles. The average molecular weight is 429 g/mol. The monoisotopic (exact) mass is 428 g/mol. The molecule has 0 fully saturated rings. The zero-order valence-corrected chi connectivity index (χ0v) is 18.1. The fourth-order valence-electron chi connectivity index (χ4n) is 2.92. The lowest BCUT2D eigenvalue weighted by molar-refractivity contribution is 0.0717. The third-order valence-electron chi connectivity index (χ3n) is 4.35. The van der Waals surface area contributed by atoms with Gasteiger partial charge in [0.05, 0.1) is 31.5 Å². The molecule has 0 aliphatic carbocycles. The Kier molecular flexibility index (Phi) is 7.36. The van der Waals surface area contributed by atoms with Gasteiger partial charge in [0.15, 0.2) is 11.5 Å². The number of ether oxygens (including phenoxy) is 2. The fraction of sp³-hybridized carbons (Fsp3) is 0.304. The van der Waals surface area contributed by atoms with Gasteiger partial charge in [-0.2, -0.15) is 0 Å². The quantitative estimate of drug-likeness (QED) is 0.467. The number of amides is 1. The molecule has 30 heavy (non-hydrogen) atoms. The summed E-state index contributed by atoms with van der Waals surface area (Å²) in [6.45, 7) is 5.27. The molecule has 0 unspecified atom stereocenters. The van der Waals surface area contributed by atoms with E-state index in [0.29, 0.717) is 53.5 Å². The Hall–Kier alpha value is -2.99. The molecule has 3 aromatic rings. The second-order valence-electron chi connectivity index (χ2n) is 7.30. The maximum Gasteiger partial charge on any atom is 0.254 e. The molecule has 2 heterocycles. The van der Waals surface area contributed by atoms with Crippen LogP contribution in [0.3, 0.4) is 0 Å². The molecule has 0 N–H and O–H groups in total. The summed E-state index contributed by atoms with van der Waals surface area (Å²) >= 11 is 6.44. The summed E-state index contributed by atoms with van der Waals surface area (Å²) in [4.78, 5) is 19.2. The van der Waals surface area contributed by atoms with Crippen molar-refractivity contribution < 1.29 is 18.7 Å². The van der Waals surface area contributed by atoms with E-state index in [4.69, 9.17) is 25.5 Å². The van der Waals surface area contributed by atoms with E-state index in [9.17, 15) is 4.79 Å². The highest BCUT2D eigenvalue weighted by molar-refractivity contribution is 6.32. The van der Waals surface area contributed by atoms with Gasteiger partial charge in [-0.1, -0.05) is 31.5 Å². The Bertz CT molecular complexity index is 959. The van der Waals surface area contributed by atoms with Gasteiger partial charge in [0.25, 0.3) is 5.91 Å². The normalized spacial score (nSPS) is 10.8. The number of pyridine rings is 1.